The second-order valence-corrected chi connectivity index (χ2v) is 3.48. The Hall–Kier alpha value is -1.62. The van der Waals surface area contributed by atoms with Crippen molar-refractivity contribution in [1.82, 2.24) is 9.97 Å². The van der Waals surface area contributed by atoms with E-state index in [4.69, 9.17) is 9.47 Å². The first-order chi connectivity index (χ1) is 8.17. The second kappa shape index (κ2) is 6.20. The summed E-state index contributed by atoms with van der Waals surface area (Å²) in [5, 5.41) is 10.00. The Balaban J connectivity index is 3.27. The Bertz CT molecular complexity index is 394. The average Bonchev–Trinajstić information content (AvgIpc) is 2.37. The zero-order valence-corrected chi connectivity index (χ0v) is 10.4. The number of nitrogens with zero attached hydrogens (tertiary/aromatic N) is 2. The van der Waals surface area contributed by atoms with Gasteiger partial charge < -0.3 is 14.6 Å². The molecule has 1 heterocycles. The van der Waals surface area contributed by atoms with Gasteiger partial charge in [0.15, 0.2) is 0 Å². The van der Waals surface area contributed by atoms with E-state index in [-0.39, 0.29) is 6.01 Å². The average molecular weight is 238 g/mol. The molecule has 5 nitrogen and oxygen atoms in total. The van der Waals surface area contributed by atoms with Crippen LogP contribution in [0.2, 0.25) is 0 Å². The monoisotopic (exact) mass is 238 g/mol. The summed E-state index contributed by atoms with van der Waals surface area (Å²) in [5.41, 5.74) is 1.33. The van der Waals surface area contributed by atoms with Crippen LogP contribution in [0.3, 0.4) is 0 Å². The SMILES string of the molecule is C=CCC(O)c1nc(OC)nc(OC)c1CC. The Labute approximate surface area is 101 Å². The molecule has 0 amide bonds. The largest absolute Gasteiger partial charge is 0.481 e. The number of aliphatic hydroxyl groups excluding tert-OH is 1. The Morgan fingerprint density at radius 2 is 2.06 bits per heavy atom. The molecule has 0 fully saturated rings. The van der Waals surface area contributed by atoms with Gasteiger partial charge in [0.2, 0.25) is 5.88 Å². The fraction of sp³-hybridized carbons (Fsp3) is 0.500. The summed E-state index contributed by atoms with van der Waals surface area (Å²) in [6.45, 7) is 5.56. The van der Waals surface area contributed by atoms with E-state index in [2.05, 4.69) is 16.5 Å². The molecule has 1 rings (SSSR count). The van der Waals surface area contributed by atoms with Crippen molar-refractivity contribution in [1.29, 1.82) is 0 Å². The lowest BCUT2D eigenvalue weighted by molar-refractivity contribution is 0.172. The van der Waals surface area contributed by atoms with Crippen molar-refractivity contribution in [2.75, 3.05) is 14.2 Å². The predicted molar refractivity (Wildman–Crippen MR) is 64.3 cm³/mol. The zero-order chi connectivity index (χ0) is 12.8. The molecule has 0 spiro atoms. The highest BCUT2D eigenvalue weighted by atomic mass is 16.5. The third-order valence-corrected chi connectivity index (χ3v) is 2.42. The Morgan fingerprint density at radius 3 is 2.53 bits per heavy atom. The van der Waals surface area contributed by atoms with Gasteiger partial charge in [-0.05, 0) is 12.8 Å². The zero-order valence-electron chi connectivity index (χ0n) is 10.4. The number of aliphatic hydroxyl groups is 1. The van der Waals surface area contributed by atoms with Crippen molar-refractivity contribution in [2.24, 2.45) is 0 Å². The fourth-order valence-corrected chi connectivity index (χ4v) is 1.60. The normalized spacial score (nSPS) is 12.0. The van der Waals surface area contributed by atoms with Gasteiger partial charge in [-0.1, -0.05) is 13.0 Å². The predicted octanol–water partition coefficient (Wildman–Crippen LogP) is 1.67. The highest BCUT2D eigenvalue weighted by Crippen LogP contribution is 2.28. The maximum Gasteiger partial charge on any atom is 0.319 e. The van der Waals surface area contributed by atoms with Crippen LogP contribution >= 0.6 is 0 Å². The van der Waals surface area contributed by atoms with E-state index in [1.54, 1.807) is 6.08 Å². The standard InChI is InChI=1S/C12H18N2O3/c1-5-7-9(15)10-8(6-2)11(16-3)14-12(13-10)17-4/h5,9,15H,1,6-7H2,2-4H3. The molecule has 0 saturated heterocycles. The number of ether oxygens (including phenoxy) is 2. The molecule has 0 aliphatic heterocycles. The van der Waals surface area contributed by atoms with Crippen LogP contribution in [-0.4, -0.2) is 29.3 Å². The quantitative estimate of drug-likeness (QED) is 0.764. The van der Waals surface area contributed by atoms with Gasteiger partial charge in [0.05, 0.1) is 19.9 Å². The maximum absolute atomic E-state index is 10.00. The Kier molecular flexibility index (Phi) is 4.90. The molecule has 1 aromatic heterocycles. The number of hydrogen-bond acceptors (Lipinski definition) is 5. The maximum atomic E-state index is 10.00. The van der Waals surface area contributed by atoms with Crippen LogP contribution in [0.5, 0.6) is 11.9 Å². The summed E-state index contributed by atoms with van der Waals surface area (Å²) < 4.78 is 10.2. The van der Waals surface area contributed by atoms with Crippen LogP contribution in [0.15, 0.2) is 12.7 Å². The molecule has 1 N–H and O–H groups in total. The summed E-state index contributed by atoms with van der Waals surface area (Å²) in [5.74, 6) is 0.442. The minimum Gasteiger partial charge on any atom is -0.481 e. The highest BCUT2D eigenvalue weighted by Gasteiger charge is 2.19. The third kappa shape index (κ3) is 2.94. The molecule has 94 valence electrons. The lowest BCUT2D eigenvalue weighted by atomic mass is 10.1. The van der Waals surface area contributed by atoms with Crippen molar-refractivity contribution < 1.29 is 14.6 Å². The lowest BCUT2D eigenvalue weighted by Crippen LogP contribution is -2.09. The van der Waals surface area contributed by atoms with Crippen molar-refractivity contribution >= 4 is 0 Å². The molecule has 0 saturated carbocycles. The van der Waals surface area contributed by atoms with Crippen molar-refractivity contribution in [2.45, 2.75) is 25.9 Å². The van der Waals surface area contributed by atoms with Crippen molar-refractivity contribution in [3.05, 3.63) is 23.9 Å². The smallest absolute Gasteiger partial charge is 0.319 e. The molecule has 17 heavy (non-hydrogen) atoms. The number of rotatable bonds is 6. The molecule has 1 atom stereocenters. The van der Waals surface area contributed by atoms with Gasteiger partial charge in [0.1, 0.15) is 6.10 Å². The van der Waals surface area contributed by atoms with Crippen LogP contribution in [-0.2, 0) is 6.42 Å². The summed E-state index contributed by atoms with van der Waals surface area (Å²) in [6, 6.07) is 0.192. The van der Waals surface area contributed by atoms with Crippen molar-refractivity contribution in [3.63, 3.8) is 0 Å². The minimum atomic E-state index is -0.715. The highest BCUT2D eigenvalue weighted by molar-refractivity contribution is 5.34. The fourth-order valence-electron chi connectivity index (χ4n) is 1.60. The molecule has 0 radical (unpaired) electrons. The lowest BCUT2D eigenvalue weighted by Gasteiger charge is -2.15. The molecule has 5 heteroatoms. The summed E-state index contributed by atoms with van der Waals surface area (Å²) in [7, 11) is 3.01. The van der Waals surface area contributed by atoms with Gasteiger partial charge >= 0.3 is 6.01 Å². The minimum absolute atomic E-state index is 0.192. The van der Waals surface area contributed by atoms with Crippen LogP contribution in [0.1, 0.15) is 30.7 Å². The van der Waals surface area contributed by atoms with Crippen molar-refractivity contribution in [3.8, 4) is 11.9 Å². The molecule has 1 unspecified atom stereocenters. The molecule has 0 bridgehead atoms. The van der Waals surface area contributed by atoms with Gasteiger partial charge in [-0.2, -0.15) is 9.97 Å². The first-order valence-electron chi connectivity index (χ1n) is 5.45. The van der Waals surface area contributed by atoms with E-state index in [0.29, 0.717) is 24.4 Å². The number of aromatic nitrogens is 2. The van der Waals surface area contributed by atoms with Crippen LogP contribution in [0, 0.1) is 0 Å². The summed E-state index contributed by atoms with van der Waals surface area (Å²) >= 11 is 0. The van der Waals surface area contributed by atoms with Gasteiger partial charge in [-0.3, -0.25) is 0 Å². The van der Waals surface area contributed by atoms with Crippen LogP contribution in [0.25, 0.3) is 0 Å². The summed E-state index contributed by atoms with van der Waals surface area (Å²) in [4.78, 5) is 8.27. The second-order valence-electron chi connectivity index (χ2n) is 3.48. The molecular weight excluding hydrogens is 220 g/mol. The third-order valence-electron chi connectivity index (χ3n) is 2.42. The van der Waals surface area contributed by atoms with Gasteiger partial charge in [-0.15, -0.1) is 6.58 Å². The summed E-state index contributed by atoms with van der Waals surface area (Å²) in [6.07, 6.45) is 2.03. The van der Waals surface area contributed by atoms with E-state index in [9.17, 15) is 5.11 Å². The van der Waals surface area contributed by atoms with E-state index >= 15 is 0 Å². The van der Waals surface area contributed by atoms with Gasteiger partial charge in [0, 0.05) is 5.56 Å². The molecule has 0 aliphatic carbocycles. The van der Waals surface area contributed by atoms with E-state index in [1.165, 1.54) is 14.2 Å². The first-order valence-corrected chi connectivity index (χ1v) is 5.45. The number of hydrogen-bond donors (Lipinski definition) is 1. The number of methoxy groups -OCH3 is 2. The Morgan fingerprint density at radius 1 is 1.35 bits per heavy atom. The molecule has 0 aliphatic rings. The molecule has 0 aromatic carbocycles. The molecular formula is C12H18N2O3. The van der Waals surface area contributed by atoms with Crippen LogP contribution in [0.4, 0.5) is 0 Å². The molecule has 1 aromatic rings. The first kappa shape index (κ1) is 13.4. The van der Waals surface area contributed by atoms with Crippen LogP contribution < -0.4 is 9.47 Å². The van der Waals surface area contributed by atoms with E-state index in [0.717, 1.165) is 5.56 Å². The topological polar surface area (TPSA) is 64.5 Å². The van der Waals surface area contributed by atoms with Gasteiger partial charge in [-0.25, -0.2) is 0 Å². The van der Waals surface area contributed by atoms with Gasteiger partial charge in [0.25, 0.3) is 0 Å². The van der Waals surface area contributed by atoms with E-state index < -0.39 is 6.10 Å². The van der Waals surface area contributed by atoms with E-state index in [1.807, 2.05) is 6.92 Å².